The summed E-state index contributed by atoms with van der Waals surface area (Å²) < 4.78 is 36.0. The van der Waals surface area contributed by atoms with Crippen molar-refractivity contribution in [2.24, 2.45) is 0 Å². The molecule has 0 amide bonds. The van der Waals surface area contributed by atoms with Crippen LogP contribution in [-0.2, 0) is 0 Å². The molecule has 116 valence electrons. The number of aryl methyl sites for hydroxylation is 1. The predicted molar refractivity (Wildman–Crippen MR) is 88.2 cm³/mol. The number of hydrogen-bond acceptors (Lipinski definition) is 0. The molecule has 0 radical (unpaired) electrons. The lowest BCUT2D eigenvalue weighted by molar-refractivity contribution is 0.633. The van der Waals surface area contributed by atoms with Crippen LogP contribution in [0.1, 0.15) is 25.0 Å². The van der Waals surface area contributed by atoms with Crippen LogP contribution in [0.3, 0.4) is 0 Å². The van der Waals surface area contributed by atoms with E-state index in [-0.39, 0.29) is 0 Å². The SMILES string of the molecule is C=Cc1ccccc1.CC.Cc1ccc(S(F)(F)F)cc1. The van der Waals surface area contributed by atoms with Crippen LogP contribution >= 0.6 is 11.2 Å². The molecule has 21 heavy (non-hydrogen) atoms. The molecule has 0 spiro atoms. The molecule has 2 rings (SSSR count). The van der Waals surface area contributed by atoms with E-state index in [1.54, 1.807) is 6.92 Å². The fraction of sp³-hybridized carbons (Fsp3) is 0.176. The van der Waals surface area contributed by atoms with Crippen LogP contribution in [-0.4, -0.2) is 0 Å². The van der Waals surface area contributed by atoms with E-state index in [9.17, 15) is 11.7 Å². The van der Waals surface area contributed by atoms with Gasteiger partial charge in [-0.05, 0) is 24.6 Å². The van der Waals surface area contributed by atoms with Gasteiger partial charge in [0.1, 0.15) is 0 Å². The Kier molecular flexibility index (Phi) is 9.30. The molecule has 2 aromatic rings. The van der Waals surface area contributed by atoms with Gasteiger partial charge in [-0.25, -0.2) is 0 Å². The summed E-state index contributed by atoms with van der Waals surface area (Å²) in [5.41, 5.74) is 2.02. The van der Waals surface area contributed by atoms with E-state index < -0.39 is 16.1 Å². The van der Waals surface area contributed by atoms with Crippen molar-refractivity contribution >= 4 is 17.3 Å². The Bertz CT molecular complexity index is 502. The summed E-state index contributed by atoms with van der Waals surface area (Å²) in [5, 5.41) is 0. The van der Waals surface area contributed by atoms with Crippen LogP contribution in [0, 0.1) is 6.92 Å². The Morgan fingerprint density at radius 3 is 1.67 bits per heavy atom. The van der Waals surface area contributed by atoms with Crippen LogP contribution < -0.4 is 0 Å². The fourth-order valence-corrected chi connectivity index (χ4v) is 1.73. The molecular formula is C17H21F3S. The van der Waals surface area contributed by atoms with Gasteiger partial charge in [0.25, 0.3) is 0 Å². The molecule has 0 atom stereocenters. The van der Waals surface area contributed by atoms with Crippen molar-refractivity contribution in [1.29, 1.82) is 0 Å². The Labute approximate surface area is 127 Å². The van der Waals surface area contributed by atoms with Gasteiger partial charge in [-0.15, -0.1) is 11.7 Å². The van der Waals surface area contributed by atoms with Crippen LogP contribution in [0.25, 0.3) is 6.08 Å². The van der Waals surface area contributed by atoms with Crippen molar-refractivity contribution < 1.29 is 11.7 Å². The van der Waals surface area contributed by atoms with Gasteiger partial charge in [0.15, 0.2) is 0 Å². The zero-order valence-corrected chi connectivity index (χ0v) is 13.3. The van der Waals surface area contributed by atoms with E-state index in [4.69, 9.17) is 0 Å². The van der Waals surface area contributed by atoms with Crippen molar-refractivity contribution in [2.75, 3.05) is 0 Å². The second-order valence-electron chi connectivity index (χ2n) is 3.83. The molecule has 0 saturated carbocycles. The van der Waals surface area contributed by atoms with Crippen molar-refractivity contribution in [1.82, 2.24) is 0 Å². The minimum atomic E-state index is -5.02. The number of halogens is 3. The summed E-state index contributed by atoms with van der Waals surface area (Å²) in [5.74, 6) is 0. The van der Waals surface area contributed by atoms with E-state index in [1.807, 2.05) is 50.3 Å². The third-order valence-corrected chi connectivity index (χ3v) is 3.13. The molecule has 0 bridgehead atoms. The Morgan fingerprint density at radius 2 is 1.33 bits per heavy atom. The highest BCUT2D eigenvalue weighted by atomic mass is 32.3. The predicted octanol–water partition coefficient (Wildman–Crippen LogP) is 7.17. The third kappa shape index (κ3) is 8.25. The van der Waals surface area contributed by atoms with E-state index >= 15 is 0 Å². The molecule has 0 aliphatic carbocycles. The summed E-state index contributed by atoms with van der Waals surface area (Å²) in [6, 6.07) is 15.2. The second kappa shape index (κ2) is 10.1. The Balaban J connectivity index is 0.000000354. The number of rotatable bonds is 2. The highest BCUT2D eigenvalue weighted by Crippen LogP contribution is 2.60. The molecule has 0 heterocycles. The van der Waals surface area contributed by atoms with E-state index in [2.05, 4.69) is 6.58 Å². The molecule has 4 heteroatoms. The van der Waals surface area contributed by atoms with Gasteiger partial charge in [-0.1, -0.05) is 74.5 Å². The lowest BCUT2D eigenvalue weighted by Crippen LogP contribution is -1.79. The smallest absolute Gasteiger partial charge is 0.120 e. The summed E-state index contributed by atoms with van der Waals surface area (Å²) in [7, 11) is 0. The van der Waals surface area contributed by atoms with Gasteiger partial charge in [-0.3, -0.25) is 0 Å². The molecule has 0 nitrogen and oxygen atoms in total. The quantitative estimate of drug-likeness (QED) is 0.551. The zero-order chi connectivity index (χ0) is 16.3. The minimum absolute atomic E-state index is 0.511. The third-order valence-electron chi connectivity index (χ3n) is 2.32. The van der Waals surface area contributed by atoms with Crippen LogP contribution in [0.4, 0.5) is 11.7 Å². The maximum absolute atomic E-state index is 12.0. The van der Waals surface area contributed by atoms with Crippen LogP contribution in [0.15, 0.2) is 66.1 Å². The van der Waals surface area contributed by atoms with Crippen molar-refractivity contribution in [2.45, 2.75) is 25.7 Å². The van der Waals surface area contributed by atoms with Gasteiger partial charge in [0.05, 0.1) is 4.90 Å². The van der Waals surface area contributed by atoms with Gasteiger partial charge >= 0.3 is 0 Å². The Morgan fingerprint density at radius 1 is 0.857 bits per heavy atom. The second-order valence-corrected chi connectivity index (χ2v) is 5.12. The number of hydrogen-bond donors (Lipinski definition) is 0. The topological polar surface area (TPSA) is 0 Å². The lowest BCUT2D eigenvalue weighted by Gasteiger charge is -2.08. The summed E-state index contributed by atoms with van der Waals surface area (Å²) in [4.78, 5) is -0.511. The van der Waals surface area contributed by atoms with Gasteiger partial charge in [-0.2, -0.15) is 0 Å². The molecule has 0 N–H and O–H groups in total. The number of benzene rings is 2. The van der Waals surface area contributed by atoms with Gasteiger partial charge in [0.2, 0.25) is 11.2 Å². The molecule has 0 aliphatic rings. The molecule has 0 saturated heterocycles. The van der Waals surface area contributed by atoms with E-state index in [0.29, 0.717) is 0 Å². The molecular weight excluding hydrogens is 293 g/mol. The first-order valence-electron chi connectivity index (χ1n) is 6.60. The molecule has 0 fully saturated rings. The maximum Gasteiger partial charge on any atom is 0.237 e. The van der Waals surface area contributed by atoms with Gasteiger partial charge in [0, 0.05) is 0 Å². The highest BCUT2D eigenvalue weighted by Gasteiger charge is 2.23. The van der Waals surface area contributed by atoms with Gasteiger partial charge < -0.3 is 0 Å². The van der Waals surface area contributed by atoms with E-state index in [1.165, 1.54) is 17.7 Å². The summed E-state index contributed by atoms with van der Waals surface area (Å²) in [6.07, 6.45) is 1.83. The molecule has 2 aromatic carbocycles. The summed E-state index contributed by atoms with van der Waals surface area (Å²) >= 11 is -5.02. The lowest BCUT2D eigenvalue weighted by atomic mass is 10.2. The molecule has 0 aromatic heterocycles. The fourth-order valence-electron chi connectivity index (χ4n) is 1.28. The van der Waals surface area contributed by atoms with Crippen LogP contribution in [0.2, 0.25) is 0 Å². The highest BCUT2D eigenvalue weighted by molar-refractivity contribution is 8.20. The first kappa shape index (κ1) is 19.3. The van der Waals surface area contributed by atoms with Crippen molar-refractivity contribution in [3.05, 3.63) is 72.3 Å². The summed E-state index contributed by atoms with van der Waals surface area (Å²) in [6.45, 7) is 9.39. The largest absolute Gasteiger partial charge is 0.237 e. The normalized spacial score (nSPS) is 10.4. The average molecular weight is 314 g/mol. The van der Waals surface area contributed by atoms with Crippen molar-refractivity contribution in [3.63, 3.8) is 0 Å². The first-order valence-corrected chi connectivity index (χ1v) is 7.93. The van der Waals surface area contributed by atoms with Crippen molar-refractivity contribution in [3.8, 4) is 0 Å². The Hall–Kier alpha value is -1.68. The molecule has 0 unspecified atom stereocenters. The van der Waals surface area contributed by atoms with Crippen LogP contribution in [0.5, 0.6) is 0 Å². The maximum atomic E-state index is 12.0. The first-order chi connectivity index (χ1) is 9.93. The zero-order valence-electron chi connectivity index (χ0n) is 12.5. The monoisotopic (exact) mass is 314 g/mol. The van der Waals surface area contributed by atoms with E-state index in [0.717, 1.165) is 17.7 Å². The average Bonchev–Trinajstić information content (AvgIpc) is 2.50. The molecule has 0 aliphatic heterocycles. The standard InChI is InChI=1S/C8H8.C7H7F3S.C2H6/c1-2-8-6-4-3-5-7-8;1-6-2-4-7(5-3-6)11(8,9)10;1-2/h2-7H,1H2;2-5H,1H3;1-2H3. The minimum Gasteiger partial charge on any atom is -0.120 e.